The lowest BCUT2D eigenvalue weighted by Crippen LogP contribution is -2.17. The zero-order valence-corrected chi connectivity index (χ0v) is 8.12. The fourth-order valence-corrected chi connectivity index (χ4v) is 1.15. The normalized spacial score (nSPS) is 12.8. The van der Waals surface area contributed by atoms with Crippen molar-refractivity contribution in [2.45, 2.75) is 12.7 Å². The Hall–Kier alpha value is -1.20. The highest BCUT2D eigenvalue weighted by atomic mass is 35.5. The van der Waals surface area contributed by atoms with Gasteiger partial charge in [0.15, 0.2) is 6.10 Å². The second kappa shape index (κ2) is 5.04. The second-order valence-electron chi connectivity index (χ2n) is 2.67. The van der Waals surface area contributed by atoms with Crippen molar-refractivity contribution < 1.29 is 23.4 Å². The quantitative estimate of drug-likeness (QED) is 0.874. The van der Waals surface area contributed by atoms with Crippen LogP contribution in [0.5, 0.6) is 0 Å². The Labute approximate surface area is 89.2 Å². The second-order valence-corrected chi connectivity index (χ2v) is 3.10. The molecule has 0 aliphatic rings. The molecule has 6 heteroatoms. The molecule has 1 N–H and O–H groups in total. The van der Waals surface area contributed by atoms with Gasteiger partial charge in [-0.3, -0.25) is 0 Å². The van der Waals surface area contributed by atoms with Crippen molar-refractivity contribution in [2.75, 3.05) is 0 Å². The summed E-state index contributed by atoms with van der Waals surface area (Å²) < 4.78 is 27.8. The standard InChI is InChI=1S/C9H7ClF2O3/c10-6-3-1-5(2-4-6)7(8(13)14)15-9(11)12/h1-4,7,9H,(H,13,14). The van der Waals surface area contributed by atoms with Crippen molar-refractivity contribution in [1.29, 1.82) is 0 Å². The summed E-state index contributed by atoms with van der Waals surface area (Å²) in [6, 6.07) is 5.45. The molecular formula is C9H7ClF2O3. The number of halogens is 3. The molecule has 1 aromatic carbocycles. The van der Waals surface area contributed by atoms with Crippen LogP contribution in [0.1, 0.15) is 11.7 Å². The van der Waals surface area contributed by atoms with Crippen LogP contribution >= 0.6 is 11.6 Å². The van der Waals surface area contributed by atoms with Crippen molar-refractivity contribution in [1.82, 2.24) is 0 Å². The number of aliphatic carboxylic acids is 1. The Kier molecular flexibility index (Phi) is 3.99. The molecule has 1 aromatic rings. The smallest absolute Gasteiger partial charge is 0.346 e. The lowest BCUT2D eigenvalue weighted by molar-refractivity contribution is -0.188. The van der Waals surface area contributed by atoms with E-state index in [9.17, 15) is 13.6 Å². The van der Waals surface area contributed by atoms with Gasteiger partial charge in [-0.2, -0.15) is 8.78 Å². The summed E-state index contributed by atoms with van der Waals surface area (Å²) in [6.45, 7) is -3.14. The molecule has 1 unspecified atom stereocenters. The SMILES string of the molecule is O=C(O)C(OC(F)F)c1ccc(Cl)cc1. The van der Waals surface area contributed by atoms with E-state index in [0.29, 0.717) is 5.02 Å². The van der Waals surface area contributed by atoms with Crippen molar-refractivity contribution in [3.8, 4) is 0 Å². The summed E-state index contributed by atoms with van der Waals surface area (Å²) >= 11 is 5.57. The van der Waals surface area contributed by atoms with Gasteiger partial charge in [0.2, 0.25) is 0 Å². The van der Waals surface area contributed by atoms with E-state index in [1.807, 2.05) is 0 Å². The highest BCUT2D eigenvalue weighted by Gasteiger charge is 2.24. The Balaban J connectivity index is 2.89. The molecule has 0 spiro atoms. The van der Waals surface area contributed by atoms with Crippen LogP contribution in [-0.4, -0.2) is 17.7 Å². The number of benzene rings is 1. The lowest BCUT2D eigenvalue weighted by Gasteiger charge is -2.12. The maximum Gasteiger partial charge on any atom is 0.346 e. The number of carboxylic acid groups (broad SMARTS) is 1. The molecule has 0 heterocycles. The molecule has 0 aliphatic carbocycles. The van der Waals surface area contributed by atoms with Gasteiger partial charge in [-0.05, 0) is 17.7 Å². The first-order valence-electron chi connectivity index (χ1n) is 3.92. The highest BCUT2D eigenvalue weighted by Crippen LogP contribution is 2.22. The number of ether oxygens (including phenoxy) is 1. The number of carbonyl (C=O) groups is 1. The van der Waals surface area contributed by atoms with Crippen molar-refractivity contribution in [2.24, 2.45) is 0 Å². The van der Waals surface area contributed by atoms with Gasteiger partial charge in [0.1, 0.15) is 0 Å². The van der Waals surface area contributed by atoms with Crippen LogP contribution in [0.15, 0.2) is 24.3 Å². The molecule has 0 bridgehead atoms. The van der Waals surface area contributed by atoms with Gasteiger partial charge < -0.3 is 9.84 Å². The molecule has 82 valence electrons. The van der Waals surface area contributed by atoms with E-state index in [2.05, 4.69) is 4.74 Å². The molecule has 0 fully saturated rings. The van der Waals surface area contributed by atoms with Crippen LogP contribution < -0.4 is 0 Å². The Morgan fingerprint density at radius 1 is 1.33 bits per heavy atom. The fraction of sp³-hybridized carbons (Fsp3) is 0.222. The molecule has 1 rings (SSSR count). The Bertz CT molecular complexity index is 340. The Morgan fingerprint density at radius 2 is 1.87 bits per heavy atom. The van der Waals surface area contributed by atoms with E-state index >= 15 is 0 Å². The van der Waals surface area contributed by atoms with E-state index in [1.165, 1.54) is 24.3 Å². The average molecular weight is 237 g/mol. The monoisotopic (exact) mass is 236 g/mol. The van der Waals surface area contributed by atoms with Crippen LogP contribution in [0.4, 0.5) is 8.78 Å². The molecule has 0 aromatic heterocycles. The predicted molar refractivity (Wildman–Crippen MR) is 48.9 cm³/mol. The fourth-order valence-electron chi connectivity index (χ4n) is 1.02. The zero-order chi connectivity index (χ0) is 11.4. The minimum atomic E-state index is -3.14. The first-order valence-corrected chi connectivity index (χ1v) is 4.30. The van der Waals surface area contributed by atoms with Crippen molar-refractivity contribution >= 4 is 17.6 Å². The third kappa shape index (κ3) is 3.45. The zero-order valence-electron chi connectivity index (χ0n) is 7.36. The Morgan fingerprint density at radius 3 is 2.27 bits per heavy atom. The summed E-state index contributed by atoms with van der Waals surface area (Å²) in [7, 11) is 0. The van der Waals surface area contributed by atoms with Gasteiger partial charge in [-0.1, -0.05) is 23.7 Å². The van der Waals surface area contributed by atoms with Crippen LogP contribution in [-0.2, 0) is 9.53 Å². The van der Waals surface area contributed by atoms with Gasteiger partial charge in [0.05, 0.1) is 0 Å². The van der Waals surface area contributed by atoms with E-state index in [4.69, 9.17) is 16.7 Å². The number of alkyl halides is 2. The van der Waals surface area contributed by atoms with E-state index < -0.39 is 18.7 Å². The summed E-state index contributed by atoms with van der Waals surface area (Å²) in [5, 5.41) is 9.04. The van der Waals surface area contributed by atoms with Crippen LogP contribution in [0.2, 0.25) is 5.02 Å². The molecule has 3 nitrogen and oxygen atoms in total. The van der Waals surface area contributed by atoms with Gasteiger partial charge in [-0.25, -0.2) is 4.79 Å². The first kappa shape index (κ1) is 11.9. The number of rotatable bonds is 4. The summed E-state index contributed by atoms with van der Waals surface area (Å²) in [4.78, 5) is 10.6. The minimum Gasteiger partial charge on any atom is -0.479 e. The number of carboxylic acids is 1. The molecule has 0 radical (unpaired) electrons. The lowest BCUT2D eigenvalue weighted by atomic mass is 10.1. The van der Waals surface area contributed by atoms with Crippen molar-refractivity contribution in [3.63, 3.8) is 0 Å². The average Bonchev–Trinajstić information content (AvgIpc) is 2.15. The van der Waals surface area contributed by atoms with Crippen LogP contribution in [0, 0.1) is 0 Å². The topological polar surface area (TPSA) is 46.5 Å². The molecule has 15 heavy (non-hydrogen) atoms. The third-order valence-electron chi connectivity index (χ3n) is 1.64. The van der Waals surface area contributed by atoms with E-state index in [-0.39, 0.29) is 5.56 Å². The molecule has 1 atom stereocenters. The van der Waals surface area contributed by atoms with E-state index in [1.54, 1.807) is 0 Å². The molecule has 0 saturated heterocycles. The predicted octanol–water partition coefficient (Wildman–Crippen LogP) is 2.70. The first-order chi connectivity index (χ1) is 7.00. The van der Waals surface area contributed by atoms with Crippen LogP contribution in [0.3, 0.4) is 0 Å². The maximum absolute atomic E-state index is 11.9. The molecule has 0 saturated carbocycles. The third-order valence-corrected chi connectivity index (χ3v) is 1.89. The minimum absolute atomic E-state index is 0.118. The summed E-state index contributed by atoms with van der Waals surface area (Å²) in [6.07, 6.45) is -1.68. The van der Waals surface area contributed by atoms with Gasteiger partial charge in [0, 0.05) is 5.02 Å². The number of hydrogen-bond acceptors (Lipinski definition) is 2. The number of hydrogen-bond donors (Lipinski definition) is 1. The molecule has 0 amide bonds. The van der Waals surface area contributed by atoms with E-state index in [0.717, 1.165) is 0 Å². The van der Waals surface area contributed by atoms with Crippen LogP contribution in [0.25, 0.3) is 0 Å². The summed E-state index contributed by atoms with van der Waals surface area (Å²) in [5.41, 5.74) is 0.118. The summed E-state index contributed by atoms with van der Waals surface area (Å²) in [5.74, 6) is -1.47. The van der Waals surface area contributed by atoms with Gasteiger partial charge >= 0.3 is 12.6 Å². The largest absolute Gasteiger partial charge is 0.479 e. The van der Waals surface area contributed by atoms with Gasteiger partial charge in [-0.15, -0.1) is 0 Å². The van der Waals surface area contributed by atoms with Crippen molar-refractivity contribution in [3.05, 3.63) is 34.9 Å². The van der Waals surface area contributed by atoms with Gasteiger partial charge in [0.25, 0.3) is 0 Å². The highest BCUT2D eigenvalue weighted by molar-refractivity contribution is 6.30. The maximum atomic E-state index is 11.9. The molecular weight excluding hydrogens is 230 g/mol. The molecule has 0 aliphatic heterocycles.